The summed E-state index contributed by atoms with van der Waals surface area (Å²) in [5.74, 6) is -3.50. The van der Waals surface area contributed by atoms with Crippen LogP contribution in [0.15, 0.2) is 35.5 Å². The highest BCUT2D eigenvalue weighted by molar-refractivity contribution is 6.06. The van der Waals surface area contributed by atoms with Crippen LogP contribution in [0.5, 0.6) is 0 Å². The molecule has 0 fully saturated rings. The summed E-state index contributed by atoms with van der Waals surface area (Å²) in [7, 11) is 1.10. The van der Waals surface area contributed by atoms with Gasteiger partial charge in [0.05, 0.1) is 29.9 Å². The number of rotatable bonds is 3. The van der Waals surface area contributed by atoms with Gasteiger partial charge in [0.25, 0.3) is 0 Å². The first kappa shape index (κ1) is 18.5. The zero-order chi connectivity index (χ0) is 18.8. The van der Waals surface area contributed by atoms with Crippen molar-refractivity contribution in [2.75, 3.05) is 12.4 Å². The minimum atomic E-state index is -4.66. The molecule has 2 rings (SSSR count). The molecule has 2 N–H and O–H groups in total. The number of methoxy groups -OCH3 is 1. The molecule has 1 unspecified atom stereocenters. The Bertz CT molecular complexity index is 756. The molecule has 134 valence electrons. The first-order chi connectivity index (χ1) is 11.6. The van der Waals surface area contributed by atoms with Gasteiger partial charge in [-0.3, -0.25) is 9.59 Å². The van der Waals surface area contributed by atoms with Crippen LogP contribution in [0.1, 0.15) is 18.9 Å². The van der Waals surface area contributed by atoms with Crippen LogP contribution in [0.4, 0.5) is 18.9 Å². The number of nitrogens with one attached hydrogen (secondary N) is 2. The summed E-state index contributed by atoms with van der Waals surface area (Å²) < 4.78 is 43.7. The van der Waals surface area contributed by atoms with Gasteiger partial charge < -0.3 is 15.4 Å². The van der Waals surface area contributed by atoms with Crippen molar-refractivity contribution in [1.29, 1.82) is 0 Å². The summed E-state index contributed by atoms with van der Waals surface area (Å²) in [6.07, 6.45) is -5.04. The third-order valence-corrected chi connectivity index (χ3v) is 3.68. The fraction of sp³-hybridized carbons (Fsp3) is 0.312. The van der Waals surface area contributed by atoms with Crippen molar-refractivity contribution in [2.45, 2.75) is 19.5 Å². The van der Waals surface area contributed by atoms with Gasteiger partial charge in [0.15, 0.2) is 0 Å². The van der Waals surface area contributed by atoms with E-state index in [0.29, 0.717) is 0 Å². The molecule has 1 aromatic carbocycles. The van der Waals surface area contributed by atoms with Crippen molar-refractivity contribution in [3.8, 4) is 0 Å². The number of alkyl halides is 3. The number of carbonyl (C=O) groups is 3. The third-order valence-electron chi connectivity index (χ3n) is 3.68. The van der Waals surface area contributed by atoms with E-state index in [2.05, 4.69) is 15.4 Å². The number of para-hydroxylation sites is 1. The molecule has 25 heavy (non-hydrogen) atoms. The molecule has 1 aromatic rings. The van der Waals surface area contributed by atoms with E-state index >= 15 is 0 Å². The summed E-state index contributed by atoms with van der Waals surface area (Å²) in [6, 6.07) is 4.45. The molecular formula is C16H15F3N2O4. The van der Waals surface area contributed by atoms with Crippen LogP contribution >= 0.6 is 0 Å². The van der Waals surface area contributed by atoms with Crippen molar-refractivity contribution in [1.82, 2.24) is 5.32 Å². The molecule has 0 aromatic heterocycles. The van der Waals surface area contributed by atoms with Gasteiger partial charge in [-0.15, -0.1) is 0 Å². The Morgan fingerprint density at radius 1 is 1.28 bits per heavy atom. The van der Waals surface area contributed by atoms with E-state index in [4.69, 9.17) is 0 Å². The lowest BCUT2D eigenvalue weighted by molar-refractivity contribution is -0.139. The first-order valence-corrected chi connectivity index (χ1v) is 7.21. The number of ether oxygens (including phenoxy) is 1. The molecule has 1 atom stereocenters. The van der Waals surface area contributed by atoms with Gasteiger partial charge in [-0.25, -0.2) is 4.79 Å². The summed E-state index contributed by atoms with van der Waals surface area (Å²) >= 11 is 0. The Balaban J connectivity index is 2.36. The minimum absolute atomic E-state index is 0.0934. The second-order valence-corrected chi connectivity index (χ2v) is 5.37. The minimum Gasteiger partial charge on any atom is -0.466 e. The van der Waals surface area contributed by atoms with E-state index in [1.807, 2.05) is 0 Å². The smallest absolute Gasteiger partial charge is 0.418 e. The van der Waals surface area contributed by atoms with E-state index < -0.39 is 41.1 Å². The zero-order valence-electron chi connectivity index (χ0n) is 13.4. The molecule has 0 spiro atoms. The Morgan fingerprint density at radius 2 is 1.92 bits per heavy atom. The summed E-state index contributed by atoms with van der Waals surface area (Å²) in [6.45, 7) is 1.41. The largest absolute Gasteiger partial charge is 0.466 e. The second-order valence-electron chi connectivity index (χ2n) is 5.37. The SMILES string of the molecule is COC(=O)C1=C(C)NC(=O)CC1C(=O)Nc1ccccc1C(F)(F)F. The van der Waals surface area contributed by atoms with Crippen LogP contribution in [0, 0.1) is 5.92 Å². The lowest BCUT2D eigenvalue weighted by atomic mass is 9.89. The molecule has 1 aliphatic rings. The number of hydrogen-bond donors (Lipinski definition) is 2. The monoisotopic (exact) mass is 356 g/mol. The quantitative estimate of drug-likeness (QED) is 0.814. The highest BCUT2D eigenvalue weighted by Crippen LogP contribution is 2.35. The predicted molar refractivity (Wildman–Crippen MR) is 81.0 cm³/mol. The number of benzene rings is 1. The number of halogens is 3. The Hall–Kier alpha value is -2.84. The Kier molecular flexibility index (Phi) is 5.15. The first-order valence-electron chi connectivity index (χ1n) is 7.21. The van der Waals surface area contributed by atoms with Crippen molar-refractivity contribution in [2.24, 2.45) is 5.92 Å². The Morgan fingerprint density at radius 3 is 2.52 bits per heavy atom. The maximum atomic E-state index is 13.0. The standard InChI is InChI=1S/C16H15F3N2O4/c1-8-13(15(24)25-2)9(7-12(22)20-8)14(23)21-11-6-4-3-5-10(11)16(17,18)19/h3-6,9H,7H2,1-2H3,(H,20,22)(H,21,23). The lowest BCUT2D eigenvalue weighted by Crippen LogP contribution is -2.40. The highest BCUT2D eigenvalue weighted by Gasteiger charge is 2.38. The van der Waals surface area contributed by atoms with Gasteiger partial charge in [0.2, 0.25) is 11.8 Å². The van der Waals surface area contributed by atoms with Crippen LogP contribution in [-0.4, -0.2) is 24.9 Å². The van der Waals surface area contributed by atoms with E-state index in [0.717, 1.165) is 19.2 Å². The number of carbonyl (C=O) groups excluding carboxylic acids is 3. The van der Waals surface area contributed by atoms with E-state index in [1.54, 1.807) is 0 Å². The van der Waals surface area contributed by atoms with Gasteiger partial charge >= 0.3 is 12.1 Å². The normalized spacial score (nSPS) is 17.8. The third kappa shape index (κ3) is 3.98. The van der Waals surface area contributed by atoms with Crippen LogP contribution in [-0.2, 0) is 25.3 Å². The second kappa shape index (κ2) is 6.96. The maximum absolute atomic E-state index is 13.0. The molecule has 0 saturated carbocycles. The Labute approximate surface area is 141 Å². The number of esters is 1. The predicted octanol–water partition coefficient (Wildman–Crippen LogP) is 2.23. The number of anilines is 1. The van der Waals surface area contributed by atoms with E-state index in [1.165, 1.54) is 19.1 Å². The van der Waals surface area contributed by atoms with Crippen molar-refractivity contribution >= 4 is 23.5 Å². The summed E-state index contributed by atoms with van der Waals surface area (Å²) in [5.41, 5.74) is -1.44. The molecule has 0 radical (unpaired) electrons. The molecule has 9 heteroatoms. The molecule has 0 bridgehead atoms. The molecule has 0 saturated heterocycles. The number of hydrogen-bond acceptors (Lipinski definition) is 4. The average Bonchev–Trinajstić information content (AvgIpc) is 2.53. The van der Waals surface area contributed by atoms with Gasteiger partial charge in [-0.1, -0.05) is 12.1 Å². The van der Waals surface area contributed by atoms with Crippen LogP contribution < -0.4 is 10.6 Å². The molecule has 1 heterocycles. The average molecular weight is 356 g/mol. The van der Waals surface area contributed by atoms with Crippen LogP contribution in [0.2, 0.25) is 0 Å². The number of allylic oxidation sites excluding steroid dienone is 1. The highest BCUT2D eigenvalue weighted by atomic mass is 19.4. The zero-order valence-corrected chi connectivity index (χ0v) is 13.4. The number of amides is 2. The summed E-state index contributed by atoms with van der Waals surface area (Å²) in [4.78, 5) is 36.0. The van der Waals surface area contributed by atoms with Gasteiger partial charge in [0.1, 0.15) is 0 Å². The van der Waals surface area contributed by atoms with Gasteiger partial charge in [-0.05, 0) is 19.1 Å². The molecule has 1 aliphatic heterocycles. The van der Waals surface area contributed by atoms with Crippen molar-refractivity contribution < 1.29 is 32.3 Å². The van der Waals surface area contributed by atoms with Crippen LogP contribution in [0.3, 0.4) is 0 Å². The fourth-order valence-electron chi connectivity index (χ4n) is 2.56. The lowest BCUT2D eigenvalue weighted by Gasteiger charge is -2.25. The van der Waals surface area contributed by atoms with E-state index in [9.17, 15) is 27.6 Å². The van der Waals surface area contributed by atoms with Gasteiger partial charge in [-0.2, -0.15) is 13.2 Å². The summed E-state index contributed by atoms with van der Waals surface area (Å²) in [5, 5.41) is 4.56. The topological polar surface area (TPSA) is 84.5 Å². The molecule has 6 nitrogen and oxygen atoms in total. The van der Waals surface area contributed by atoms with Crippen molar-refractivity contribution in [3.05, 3.63) is 41.1 Å². The molecular weight excluding hydrogens is 341 g/mol. The van der Waals surface area contributed by atoms with Crippen LogP contribution in [0.25, 0.3) is 0 Å². The fourth-order valence-corrected chi connectivity index (χ4v) is 2.56. The molecule has 0 aliphatic carbocycles. The maximum Gasteiger partial charge on any atom is 0.418 e. The molecule has 2 amide bonds. The van der Waals surface area contributed by atoms with Crippen molar-refractivity contribution in [3.63, 3.8) is 0 Å². The van der Waals surface area contributed by atoms with E-state index in [-0.39, 0.29) is 17.7 Å². The van der Waals surface area contributed by atoms with Gasteiger partial charge in [0, 0.05) is 12.1 Å².